The van der Waals surface area contributed by atoms with E-state index in [1.165, 1.54) is 6.07 Å². The molecule has 0 saturated heterocycles. The summed E-state index contributed by atoms with van der Waals surface area (Å²) < 4.78 is 16.4. The van der Waals surface area contributed by atoms with Crippen LogP contribution in [-0.4, -0.2) is 30.0 Å². The van der Waals surface area contributed by atoms with Crippen LogP contribution in [0.1, 0.15) is 39.1 Å². The molecule has 6 heteroatoms. The van der Waals surface area contributed by atoms with Crippen molar-refractivity contribution >= 4 is 22.7 Å². The summed E-state index contributed by atoms with van der Waals surface area (Å²) in [6.07, 6.45) is 3.99. The van der Waals surface area contributed by atoms with Crippen molar-refractivity contribution in [2.24, 2.45) is 5.92 Å². The van der Waals surface area contributed by atoms with Gasteiger partial charge in [-0.1, -0.05) is 18.2 Å². The molecular weight excluding hydrogens is 357 g/mol. The van der Waals surface area contributed by atoms with Gasteiger partial charge in [0, 0.05) is 37.3 Å². The Labute approximate surface area is 162 Å². The number of nitrogens with one attached hydrogen (secondary N) is 2. The normalized spacial score (nSPS) is 13.5. The van der Waals surface area contributed by atoms with Crippen LogP contribution in [0.15, 0.2) is 48.7 Å². The minimum absolute atomic E-state index is 0.144. The van der Waals surface area contributed by atoms with Crippen molar-refractivity contribution in [3.63, 3.8) is 0 Å². The maximum atomic E-state index is 14.5. The Balaban J connectivity index is 1.64. The maximum Gasteiger partial charge on any atom is 0.253 e. The Bertz CT molecular complexity index is 1040. The third-order valence-electron chi connectivity index (χ3n) is 5.14. The second kappa shape index (κ2) is 7.46. The molecule has 0 spiro atoms. The molecule has 1 aliphatic carbocycles. The summed E-state index contributed by atoms with van der Waals surface area (Å²) >= 11 is 0. The maximum absolute atomic E-state index is 14.5. The molecule has 0 aliphatic heterocycles. The Morgan fingerprint density at radius 3 is 2.54 bits per heavy atom. The van der Waals surface area contributed by atoms with Crippen molar-refractivity contribution in [1.29, 1.82) is 0 Å². The van der Waals surface area contributed by atoms with Gasteiger partial charge in [0.05, 0.1) is 11.1 Å². The number of halogens is 1. The lowest BCUT2D eigenvalue weighted by molar-refractivity contribution is 0.0948. The molecule has 4 rings (SSSR count). The number of carbonyl (C=O) groups excluding carboxylic acids is 2. The summed E-state index contributed by atoms with van der Waals surface area (Å²) in [5.74, 6) is -0.228. The van der Waals surface area contributed by atoms with Crippen LogP contribution in [0.5, 0.6) is 0 Å². The molecule has 1 heterocycles. The lowest BCUT2D eigenvalue weighted by Gasteiger charge is -2.07. The molecule has 0 atom stereocenters. The summed E-state index contributed by atoms with van der Waals surface area (Å²) in [4.78, 5) is 24.3. The van der Waals surface area contributed by atoms with Crippen LogP contribution in [0.3, 0.4) is 0 Å². The molecule has 2 amide bonds. The Hall–Kier alpha value is -3.15. The molecule has 1 aliphatic rings. The number of nitrogens with zero attached hydrogens (tertiary/aromatic N) is 1. The summed E-state index contributed by atoms with van der Waals surface area (Å²) in [7, 11) is 1.59. The van der Waals surface area contributed by atoms with Gasteiger partial charge >= 0.3 is 0 Å². The number of hydrogen-bond donors (Lipinski definition) is 2. The monoisotopic (exact) mass is 379 g/mol. The van der Waals surface area contributed by atoms with E-state index in [0.717, 1.165) is 18.4 Å². The van der Waals surface area contributed by atoms with Gasteiger partial charge in [0.25, 0.3) is 11.8 Å². The van der Waals surface area contributed by atoms with Gasteiger partial charge in [-0.05, 0) is 48.6 Å². The van der Waals surface area contributed by atoms with E-state index >= 15 is 0 Å². The zero-order chi connectivity index (χ0) is 19.7. The first-order valence-electron chi connectivity index (χ1n) is 9.43. The third kappa shape index (κ3) is 3.63. The van der Waals surface area contributed by atoms with E-state index in [0.29, 0.717) is 41.0 Å². The lowest BCUT2D eigenvalue weighted by atomic mass is 10.1. The zero-order valence-electron chi connectivity index (χ0n) is 15.7. The number of rotatable bonds is 6. The first kappa shape index (κ1) is 18.2. The summed E-state index contributed by atoms with van der Waals surface area (Å²) in [6, 6.07) is 12.1. The number of amides is 2. The summed E-state index contributed by atoms with van der Waals surface area (Å²) in [5.41, 5.74) is 2.57. The van der Waals surface area contributed by atoms with Crippen LogP contribution in [0.4, 0.5) is 4.39 Å². The second-order valence-corrected chi connectivity index (χ2v) is 7.23. The van der Waals surface area contributed by atoms with E-state index in [1.54, 1.807) is 31.4 Å². The fraction of sp³-hybridized carbons (Fsp3) is 0.273. The van der Waals surface area contributed by atoms with Crippen molar-refractivity contribution < 1.29 is 14.0 Å². The predicted molar refractivity (Wildman–Crippen MR) is 106 cm³/mol. The van der Waals surface area contributed by atoms with Crippen molar-refractivity contribution in [3.05, 3.63) is 71.2 Å². The highest BCUT2D eigenvalue weighted by Gasteiger charge is 2.24. The van der Waals surface area contributed by atoms with Crippen molar-refractivity contribution in [2.45, 2.75) is 19.4 Å². The molecule has 1 aromatic heterocycles. The SMILES string of the molecule is CNC(=O)c1ccc(Cn2cc(C(=O)NCC3CC3)c3c(F)cccc32)cc1. The molecule has 2 N–H and O–H groups in total. The predicted octanol–water partition coefficient (Wildman–Crippen LogP) is 3.33. The highest BCUT2D eigenvalue weighted by Crippen LogP contribution is 2.29. The number of carbonyl (C=O) groups is 2. The van der Waals surface area contributed by atoms with Crippen molar-refractivity contribution in [2.75, 3.05) is 13.6 Å². The zero-order valence-corrected chi connectivity index (χ0v) is 15.7. The van der Waals surface area contributed by atoms with E-state index in [9.17, 15) is 14.0 Å². The Kier molecular flexibility index (Phi) is 4.86. The van der Waals surface area contributed by atoms with E-state index in [4.69, 9.17) is 0 Å². The molecule has 28 heavy (non-hydrogen) atoms. The molecule has 1 fully saturated rings. The van der Waals surface area contributed by atoms with E-state index in [1.807, 2.05) is 22.8 Å². The first-order chi connectivity index (χ1) is 13.6. The molecule has 0 unspecified atom stereocenters. The van der Waals surface area contributed by atoms with Gasteiger partial charge in [-0.25, -0.2) is 4.39 Å². The first-order valence-corrected chi connectivity index (χ1v) is 9.43. The van der Waals surface area contributed by atoms with Gasteiger partial charge in [0.1, 0.15) is 5.82 Å². The number of fused-ring (bicyclic) bond motifs is 1. The molecule has 1 saturated carbocycles. The van der Waals surface area contributed by atoms with E-state index < -0.39 is 5.82 Å². The van der Waals surface area contributed by atoms with Crippen LogP contribution in [-0.2, 0) is 6.54 Å². The van der Waals surface area contributed by atoms with Gasteiger partial charge in [0.15, 0.2) is 0 Å². The minimum Gasteiger partial charge on any atom is -0.355 e. The number of hydrogen-bond acceptors (Lipinski definition) is 2. The number of aromatic nitrogens is 1. The average molecular weight is 379 g/mol. The third-order valence-corrected chi connectivity index (χ3v) is 5.14. The van der Waals surface area contributed by atoms with E-state index in [2.05, 4.69) is 10.6 Å². The summed E-state index contributed by atoms with van der Waals surface area (Å²) in [5, 5.41) is 5.86. The molecule has 0 bridgehead atoms. The smallest absolute Gasteiger partial charge is 0.253 e. The molecule has 0 radical (unpaired) electrons. The second-order valence-electron chi connectivity index (χ2n) is 7.23. The standard InChI is InChI=1S/C22H22FN3O2/c1-24-21(27)16-9-7-15(8-10-16)12-26-13-17(22(28)25-11-14-5-6-14)20-18(23)3-2-4-19(20)26/h2-4,7-10,13-14H,5-6,11-12H2,1H3,(H,24,27)(H,25,28). The average Bonchev–Trinajstić information content (AvgIpc) is 3.47. The minimum atomic E-state index is -0.400. The van der Waals surface area contributed by atoms with Gasteiger partial charge in [-0.3, -0.25) is 9.59 Å². The largest absolute Gasteiger partial charge is 0.355 e. The molecule has 5 nitrogen and oxygen atoms in total. The highest BCUT2D eigenvalue weighted by molar-refractivity contribution is 6.07. The Morgan fingerprint density at radius 2 is 1.86 bits per heavy atom. The highest BCUT2D eigenvalue weighted by atomic mass is 19.1. The van der Waals surface area contributed by atoms with E-state index in [-0.39, 0.29) is 11.8 Å². The topological polar surface area (TPSA) is 63.1 Å². The van der Waals surface area contributed by atoms with Crippen molar-refractivity contribution in [1.82, 2.24) is 15.2 Å². The van der Waals surface area contributed by atoms with Crippen LogP contribution >= 0.6 is 0 Å². The van der Waals surface area contributed by atoms with Crippen LogP contribution in [0, 0.1) is 11.7 Å². The van der Waals surface area contributed by atoms with Gasteiger partial charge < -0.3 is 15.2 Å². The fourth-order valence-corrected chi connectivity index (χ4v) is 3.37. The molecule has 2 aromatic carbocycles. The van der Waals surface area contributed by atoms with Gasteiger partial charge in [-0.2, -0.15) is 0 Å². The summed E-state index contributed by atoms with van der Waals surface area (Å²) in [6.45, 7) is 1.12. The molecule has 144 valence electrons. The lowest BCUT2D eigenvalue weighted by Crippen LogP contribution is -2.25. The quantitative estimate of drug-likeness (QED) is 0.690. The molecular formula is C22H22FN3O2. The molecule has 3 aromatic rings. The number of benzene rings is 2. The van der Waals surface area contributed by atoms with Crippen LogP contribution in [0.2, 0.25) is 0 Å². The van der Waals surface area contributed by atoms with Crippen LogP contribution in [0.25, 0.3) is 10.9 Å². The van der Waals surface area contributed by atoms with Crippen LogP contribution < -0.4 is 10.6 Å². The van der Waals surface area contributed by atoms with Gasteiger partial charge in [-0.15, -0.1) is 0 Å². The van der Waals surface area contributed by atoms with Crippen molar-refractivity contribution in [3.8, 4) is 0 Å². The van der Waals surface area contributed by atoms with Gasteiger partial charge in [0.2, 0.25) is 0 Å². The fourth-order valence-electron chi connectivity index (χ4n) is 3.37. The Morgan fingerprint density at radius 1 is 1.11 bits per heavy atom.